The lowest BCUT2D eigenvalue weighted by molar-refractivity contribution is -0.138. The lowest BCUT2D eigenvalue weighted by atomic mass is 10.0. The third-order valence-electron chi connectivity index (χ3n) is 4.52. The van der Waals surface area contributed by atoms with Crippen LogP contribution in [0.3, 0.4) is 0 Å². The van der Waals surface area contributed by atoms with E-state index in [1.807, 2.05) is 24.3 Å². The Morgan fingerprint density at radius 3 is 2.26 bits per heavy atom. The number of rotatable bonds is 8. The summed E-state index contributed by atoms with van der Waals surface area (Å²) < 4.78 is 5.70. The Hall–Kier alpha value is -2.44. The van der Waals surface area contributed by atoms with Gasteiger partial charge in [-0.2, -0.15) is 0 Å². The fourth-order valence-corrected chi connectivity index (χ4v) is 5.46. The van der Waals surface area contributed by atoms with Gasteiger partial charge in [-0.15, -0.1) is 6.58 Å². The highest BCUT2D eigenvalue weighted by molar-refractivity contribution is 7.73. The van der Waals surface area contributed by atoms with Gasteiger partial charge in [0.2, 0.25) is 0 Å². The first-order valence-corrected chi connectivity index (χ1v) is 10.9. The number of benzene rings is 2. The summed E-state index contributed by atoms with van der Waals surface area (Å²) in [6.45, 7) is 3.80. The molecule has 2 aromatic carbocycles. The summed E-state index contributed by atoms with van der Waals surface area (Å²) in [5.74, 6) is 0.562. The molecule has 138 valence electrons. The van der Waals surface area contributed by atoms with Crippen LogP contribution in [0.1, 0.15) is 25.7 Å². The molecule has 0 spiro atoms. The molecular weight excluding hydrogens is 351 g/mol. The van der Waals surface area contributed by atoms with E-state index in [1.165, 1.54) is 10.6 Å². The SMILES string of the molecule is C=CCC1=C(OC(=O)CCP(c2ccccc2)c2ccccc2)C=CCC1. The van der Waals surface area contributed by atoms with Gasteiger partial charge < -0.3 is 4.74 Å². The van der Waals surface area contributed by atoms with Gasteiger partial charge in [0.1, 0.15) is 5.76 Å². The van der Waals surface area contributed by atoms with Crippen molar-refractivity contribution in [3.8, 4) is 0 Å². The third kappa shape index (κ3) is 5.52. The second kappa shape index (κ2) is 10.0. The molecule has 0 bridgehead atoms. The summed E-state index contributed by atoms with van der Waals surface area (Å²) >= 11 is 0. The molecule has 0 saturated heterocycles. The van der Waals surface area contributed by atoms with Crippen molar-refractivity contribution in [2.24, 2.45) is 0 Å². The second-order valence-electron chi connectivity index (χ2n) is 6.45. The normalized spacial score (nSPS) is 13.7. The molecular formula is C24H25O2P. The van der Waals surface area contributed by atoms with E-state index < -0.39 is 7.92 Å². The van der Waals surface area contributed by atoms with Gasteiger partial charge >= 0.3 is 5.97 Å². The molecule has 0 fully saturated rings. The van der Waals surface area contributed by atoms with Crippen LogP contribution in [0.25, 0.3) is 0 Å². The van der Waals surface area contributed by atoms with Gasteiger partial charge in [0.25, 0.3) is 0 Å². The average molecular weight is 376 g/mol. The predicted molar refractivity (Wildman–Crippen MR) is 115 cm³/mol. The number of carbonyl (C=O) groups is 1. The van der Waals surface area contributed by atoms with Gasteiger partial charge in [0.15, 0.2) is 0 Å². The summed E-state index contributed by atoms with van der Waals surface area (Å²) in [6, 6.07) is 20.9. The van der Waals surface area contributed by atoms with E-state index in [1.54, 1.807) is 0 Å². The number of allylic oxidation sites excluding steroid dienone is 4. The van der Waals surface area contributed by atoms with Gasteiger partial charge in [-0.05, 0) is 55.6 Å². The number of hydrogen-bond acceptors (Lipinski definition) is 2. The largest absolute Gasteiger partial charge is 0.427 e. The predicted octanol–water partition coefficient (Wildman–Crippen LogP) is 5.23. The molecule has 0 unspecified atom stereocenters. The zero-order valence-corrected chi connectivity index (χ0v) is 16.4. The van der Waals surface area contributed by atoms with Crippen LogP contribution in [0.2, 0.25) is 0 Å². The van der Waals surface area contributed by atoms with Crippen LogP contribution in [0, 0.1) is 0 Å². The van der Waals surface area contributed by atoms with Crippen LogP contribution in [0.4, 0.5) is 0 Å². The van der Waals surface area contributed by atoms with Crippen molar-refractivity contribution >= 4 is 24.5 Å². The monoisotopic (exact) mass is 376 g/mol. The Kier molecular flexibility index (Phi) is 7.19. The van der Waals surface area contributed by atoms with E-state index in [9.17, 15) is 4.79 Å². The highest BCUT2D eigenvalue weighted by Crippen LogP contribution is 2.34. The molecule has 3 heteroatoms. The Labute approximate surface area is 163 Å². The Bertz CT molecular complexity index is 782. The average Bonchev–Trinajstić information content (AvgIpc) is 2.71. The zero-order valence-electron chi connectivity index (χ0n) is 15.5. The minimum absolute atomic E-state index is 0.155. The Balaban J connectivity index is 1.69. The van der Waals surface area contributed by atoms with Crippen LogP contribution in [-0.4, -0.2) is 12.1 Å². The van der Waals surface area contributed by atoms with Crippen LogP contribution in [0.15, 0.2) is 96.8 Å². The standard InChI is InChI=1S/C24H25O2P/c1-2-11-20-12-9-10-17-23(20)26-24(25)18-19-27(21-13-5-3-6-14-21)22-15-7-4-8-16-22/h2-8,10,13-17H,1,9,11-12,18-19H2. The fraction of sp³-hybridized carbons (Fsp3) is 0.208. The minimum atomic E-state index is -0.575. The molecule has 0 aliphatic heterocycles. The smallest absolute Gasteiger partial charge is 0.311 e. The molecule has 0 atom stereocenters. The van der Waals surface area contributed by atoms with Gasteiger partial charge in [-0.1, -0.05) is 72.8 Å². The lowest BCUT2D eigenvalue weighted by Crippen LogP contribution is -2.16. The molecule has 0 heterocycles. The quantitative estimate of drug-likeness (QED) is 0.358. The van der Waals surface area contributed by atoms with Gasteiger partial charge in [-0.3, -0.25) is 4.79 Å². The van der Waals surface area contributed by atoms with Crippen LogP contribution >= 0.6 is 7.92 Å². The first-order valence-electron chi connectivity index (χ1n) is 9.35. The second-order valence-corrected chi connectivity index (χ2v) is 8.78. The number of esters is 1. The van der Waals surface area contributed by atoms with Crippen molar-refractivity contribution in [2.75, 3.05) is 6.16 Å². The summed E-state index contributed by atoms with van der Waals surface area (Å²) in [5, 5.41) is 2.58. The Morgan fingerprint density at radius 1 is 1.04 bits per heavy atom. The maximum absolute atomic E-state index is 12.5. The van der Waals surface area contributed by atoms with Crippen LogP contribution in [-0.2, 0) is 9.53 Å². The molecule has 2 aromatic rings. The maximum Gasteiger partial charge on any atom is 0.311 e. The molecule has 0 radical (unpaired) electrons. The van der Waals surface area contributed by atoms with E-state index in [4.69, 9.17) is 4.74 Å². The molecule has 1 aliphatic rings. The van der Waals surface area contributed by atoms with E-state index in [0.717, 1.165) is 36.8 Å². The van der Waals surface area contributed by atoms with Gasteiger partial charge in [0, 0.05) is 0 Å². The molecule has 0 aromatic heterocycles. The molecule has 1 aliphatic carbocycles. The highest BCUT2D eigenvalue weighted by Gasteiger charge is 2.18. The van der Waals surface area contributed by atoms with Crippen molar-refractivity contribution in [1.82, 2.24) is 0 Å². The Morgan fingerprint density at radius 2 is 1.67 bits per heavy atom. The molecule has 3 rings (SSSR count). The third-order valence-corrected chi connectivity index (χ3v) is 7.03. The summed E-state index contributed by atoms with van der Waals surface area (Å²) in [5.41, 5.74) is 1.16. The van der Waals surface area contributed by atoms with E-state index in [-0.39, 0.29) is 5.97 Å². The number of ether oxygens (including phenoxy) is 1. The topological polar surface area (TPSA) is 26.3 Å². The zero-order chi connectivity index (χ0) is 18.9. The summed E-state index contributed by atoms with van der Waals surface area (Å²) in [7, 11) is -0.575. The van der Waals surface area contributed by atoms with E-state index in [0.29, 0.717) is 6.42 Å². The van der Waals surface area contributed by atoms with E-state index >= 15 is 0 Å². The van der Waals surface area contributed by atoms with E-state index in [2.05, 4.69) is 61.2 Å². The lowest BCUT2D eigenvalue weighted by Gasteiger charge is -2.19. The van der Waals surface area contributed by atoms with Crippen LogP contribution in [0.5, 0.6) is 0 Å². The van der Waals surface area contributed by atoms with Gasteiger partial charge in [-0.25, -0.2) is 0 Å². The van der Waals surface area contributed by atoms with Crippen molar-refractivity contribution in [3.63, 3.8) is 0 Å². The first kappa shape index (κ1) is 19.3. The minimum Gasteiger partial charge on any atom is -0.427 e. The number of hydrogen-bond donors (Lipinski definition) is 0. The summed E-state index contributed by atoms with van der Waals surface area (Å²) in [6.07, 6.45) is 9.77. The molecule has 0 N–H and O–H groups in total. The molecule has 0 amide bonds. The van der Waals surface area contributed by atoms with Crippen LogP contribution < -0.4 is 10.6 Å². The van der Waals surface area contributed by atoms with Crippen molar-refractivity contribution < 1.29 is 9.53 Å². The van der Waals surface area contributed by atoms with Crippen molar-refractivity contribution in [2.45, 2.75) is 25.7 Å². The number of carbonyl (C=O) groups excluding carboxylic acids is 1. The first-order chi connectivity index (χ1) is 13.3. The molecule has 0 saturated carbocycles. The van der Waals surface area contributed by atoms with Gasteiger partial charge in [0.05, 0.1) is 6.42 Å². The van der Waals surface area contributed by atoms with Crippen molar-refractivity contribution in [3.05, 3.63) is 96.8 Å². The maximum atomic E-state index is 12.5. The molecule has 2 nitrogen and oxygen atoms in total. The molecule has 27 heavy (non-hydrogen) atoms. The highest BCUT2D eigenvalue weighted by atomic mass is 31.1. The van der Waals surface area contributed by atoms with Crippen molar-refractivity contribution in [1.29, 1.82) is 0 Å². The fourth-order valence-electron chi connectivity index (χ4n) is 3.17. The summed E-state index contributed by atoms with van der Waals surface area (Å²) in [4.78, 5) is 12.5.